The number of alkyl halides is 3. The van der Waals surface area contributed by atoms with E-state index in [-0.39, 0.29) is 16.9 Å². The standard InChI is InChI=1S/C19H18F5N3/c1-12(13-6-3-4-7-14(13)19(22,23)24)27-17(25-2)10-11-26-18-15(20)8-5-9-16(18)21/h3-11,17,25-27H,1H2,2H3/b11-10-. The minimum atomic E-state index is -4.52. The van der Waals surface area contributed by atoms with Crippen LogP contribution in [0, 0.1) is 11.6 Å². The third-order valence-corrected chi connectivity index (χ3v) is 3.68. The van der Waals surface area contributed by atoms with Crippen LogP contribution in [-0.4, -0.2) is 13.2 Å². The molecule has 3 nitrogen and oxygen atoms in total. The lowest BCUT2D eigenvalue weighted by atomic mass is 10.0. The Kier molecular flexibility index (Phi) is 6.57. The summed E-state index contributed by atoms with van der Waals surface area (Å²) >= 11 is 0. The monoisotopic (exact) mass is 383 g/mol. The Hall–Kier alpha value is -2.87. The Morgan fingerprint density at radius 2 is 1.67 bits per heavy atom. The fourth-order valence-corrected chi connectivity index (χ4v) is 2.34. The molecule has 0 aliphatic rings. The van der Waals surface area contributed by atoms with Crippen LogP contribution < -0.4 is 16.0 Å². The predicted octanol–water partition coefficient (Wildman–Crippen LogP) is 4.72. The van der Waals surface area contributed by atoms with Gasteiger partial charge in [0.05, 0.1) is 11.7 Å². The van der Waals surface area contributed by atoms with E-state index in [0.29, 0.717) is 0 Å². The molecule has 2 aromatic carbocycles. The molecule has 0 saturated carbocycles. The van der Waals surface area contributed by atoms with Gasteiger partial charge in [-0.15, -0.1) is 0 Å². The SMILES string of the molecule is C=C(NC(/C=C\Nc1c(F)cccc1F)NC)c1ccccc1C(F)(F)F. The first-order valence-electron chi connectivity index (χ1n) is 7.90. The molecule has 0 fully saturated rings. The summed E-state index contributed by atoms with van der Waals surface area (Å²) in [4.78, 5) is 0. The summed E-state index contributed by atoms with van der Waals surface area (Å²) in [5, 5.41) is 8.07. The van der Waals surface area contributed by atoms with Gasteiger partial charge in [-0.25, -0.2) is 8.78 Å². The first-order chi connectivity index (χ1) is 12.7. The van der Waals surface area contributed by atoms with Crippen LogP contribution in [0.15, 0.2) is 61.3 Å². The summed E-state index contributed by atoms with van der Waals surface area (Å²) in [5.74, 6) is -1.53. The Bertz CT molecular complexity index is 810. The second-order valence-electron chi connectivity index (χ2n) is 5.53. The molecule has 0 aromatic heterocycles. The van der Waals surface area contributed by atoms with Crippen molar-refractivity contribution in [2.75, 3.05) is 12.4 Å². The second-order valence-corrected chi connectivity index (χ2v) is 5.53. The number of anilines is 1. The Morgan fingerprint density at radius 3 is 2.26 bits per heavy atom. The maximum absolute atomic E-state index is 13.6. The Labute approximate surface area is 153 Å². The molecule has 0 heterocycles. The maximum Gasteiger partial charge on any atom is 0.417 e. The highest BCUT2D eigenvalue weighted by atomic mass is 19.4. The van der Waals surface area contributed by atoms with Crippen molar-refractivity contribution in [2.24, 2.45) is 0 Å². The van der Waals surface area contributed by atoms with E-state index in [1.54, 1.807) is 7.05 Å². The van der Waals surface area contributed by atoms with Crippen LogP contribution in [0.4, 0.5) is 27.6 Å². The molecule has 0 radical (unpaired) electrons. The molecule has 1 unspecified atom stereocenters. The summed E-state index contributed by atoms with van der Waals surface area (Å²) in [6, 6.07) is 8.48. The van der Waals surface area contributed by atoms with Crippen molar-refractivity contribution in [2.45, 2.75) is 12.3 Å². The van der Waals surface area contributed by atoms with E-state index in [4.69, 9.17) is 0 Å². The van der Waals surface area contributed by atoms with Crippen LogP contribution in [0.5, 0.6) is 0 Å². The molecule has 0 aliphatic heterocycles. The molecule has 8 heteroatoms. The van der Waals surface area contributed by atoms with Gasteiger partial charge in [0.2, 0.25) is 0 Å². The highest BCUT2D eigenvalue weighted by Crippen LogP contribution is 2.33. The number of benzene rings is 2. The lowest BCUT2D eigenvalue weighted by Crippen LogP contribution is -2.37. The first-order valence-corrected chi connectivity index (χ1v) is 7.90. The van der Waals surface area contributed by atoms with Crippen LogP contribution in [0.2, 0.25) is 0 Å². The van der Waals surface area contributed by atoms with Gasteiger partial charge in [-0.1, -0.05) is 30.8 Å². The van der Waals surface area contributed by atoms with E-state index < -0.39 is 29.5 Å². The summed E-state index contributed by atoms with van der Waals surface area (Å²) in [7, 11) is 1.56. The van der Waals surface area contributed by atoms with Crippen molar-refractivity contribution in [1.82, 2.24) is 10.6 Å². The number of rotatable bonds is 7. The summed E-state index contributed by atoms with van der Waals surface area (Å²) in [6.45, 7) is 3.66. The fourth-order valence-electron chi connectivity index (χ4n) is 2.34. The number of nitrogens with one attached hydrogen (secondary N) is 3. The summed E-state index contributed by atoms with van der Waals surface area (Å²) in [6.07, 6.45) is -2.43. The van der Waals surface area contributed by atoms with Gasteiger partial charge in [0.1, 0.15) is 17.3 Å². The number of hydrogen-bond donors (Lipinski definition) is 3. The van der Waals surface area contributed by atoms with E-state index in [2.05, 4.69) is 22.5 Å². The molecule has 144 valence electrons. The molecule has 0 spiro atoms. The average Bonchev–Trinajstić information content (AvgIpc) is 2.62. The molecular formula is C19H18F5N3. The van der Waals surface area contributed by atoms with Crippen molar-refractivity contribution in [3.8, 4) is 0 Å². The van der Waals surface area contributed by atoms with E-state index in [1.165, 1.54) is 36.5 Å². The third-order valence-electron chi connectivity index (χ3n) is 3.68. The van der Waals surface area contributed by atoms with Crippen molar-refractivity contribution < 1.29 is 22.0 Å². The van der Waals surface area contributed by atoms with Gasteiger partial charge in [-0.3, -0.25) is 5.32 Å². The molecule has 2 aromatic rings. The molecule has 2 rings (SSSR count). The van der Waals surface area contributed by atoms with Crippen LogP contribution in [0.1, 0.15) is 11.1 Å². The average molecular weight is 383 g/mol. The number of para-hydroxylation sites is 1. The topological polar surface area (TPSA) is 36.1 Å². The van der Waals surface area contributed by atoms with Crippen LogP contribution in [0.25, 0.3) is 5.70 Å². The minimum Gasteiger partial charge on any atom is -0.366 e. The van der Waals surface area contributed by atoms with Crippen molar-refractivity contribution in [1.29, 1.82) is 0 Å². The molecule has 3 N–H and O–H groups in total. The van der Waals surface area contributed by atoms with Crippen LogP contribution in [0.3, 0.4) is 0 Å². The van der Waals surface area contributed by atoms with Gasteiger partial charge in [0.25, 0.3) is 0 Å². The zero-order chi connectivity index (χ0) is 20.0. The highest BCUT2D eigenvalue weighted by molar-refractivity contribution is 5.65. The van der Waals surface area contributed by atoms with Crippen molar-refractivity contribution >= 4 is 11.4 Å². The second kappa shape index (κ2) is 8.68. The third kappa shape index (κ3) is 5.30. The maximum atomic E-state index is 13.6. The van der Waals surface area contributed by atoms with E-state index in [9.17, 15) is 22.0 Å². The zero-order valence-electron chi connectivity index (χ0n) is 14.4. The van der Waals surface area contributed by atoms with Gasteiger partial charge >= 0.3 is 6.18 Å². The molecule has 1 atom stereocenters. The quantitative estimate of drug-likeness (QED) is 0.479. The van der Waals surface area contributed by atoms with Gasteiger partial charge in [0.15, 0.2) is 0 Å². The first kappa shape index (κ1) is 20.4. The molecule has 0 amide bonds. The summed E-state index contributed by atoms with van der Waals surface area (Å²) in [5.41, 5.74) is -1.19. The highest BCUT2D eigenvalue weighted by Gasteiger charge is 2.33. The number of halogens is 5. The van der Waals surface area contributed by atoms with Crippen LogP contribution >= 0.6 is 0 Å². The largest absolute Gasteiger partial charge is 0.417 e. The molecular weight excluding hydrogens is 365 g/mol. The molecule has 27 heavy (non-hydrogen) atoms. The lowest BCUT2D eigenvalue weighted by Gasteiger charge is -2.20. The molecule has 0 saturated heterocycles. The molecule has 0 bridgehead atoms. The van der Waals surface area contributed by atoms with Gasteiger partial charge in [0, 0.05) is 17.5 Å². The predicted molar refractivity (Wildman–Crippen MR) is 95.6 cm³/mol. The minimum absolute atomic E-state index is 0.0454. The van der Waals surface area contributed by atoms with Crippen molar-refractivity contribution in [3.63, 3.8) is 0 Å². The smallest absolute Gasteiger partial charge is 0.366 e. The fraction of sp³-hybridized carbons (Fsp3) is 0.158. The number of likely N-dealkylation sites (N-methyl/N-ethyl adjacent to an activating group) is 1. The number of hydrogen-bond acceptors (Lipinski definition) is 3. The zero-order valence-corrected chi connectivity index (χ0v) is 14.4. The Morgan fingerprint density at radius 1 is 1.04 bits per heavy atom. The van der Waals surface area contributed by atoms with Gasteiger partial charge in [-0.2, -0.15) is 13.2 Å². The summed E-state index contributed by atoms with van der Waals surface area (Å²) < 4.78 is 66.5. The van der Waals surface area contributed by atoms with E-state index in [0.717, 1.165) is 18.2 Å². The van der Waals surface area contributed by atoms with Crippen molar-refractivity contribution in [3.05, 3.63) is 84.1 Å². The van der Waals surface area contributed by atoms with E-state index in [1.807, 2.05) is 0 Å². The van der Waals surface area contributed by atoms with E-state index >= 15 is 0 Å². The van der Waals surface area contributed by atoms with Crippen LogP contribution in [-0.2, 0) is 6.18 Å². The normalized spacial score (nSPS) is 12.8. The van der Waals surface area contributed by atoms with Gasteiger partial charge in [-0.05, 0) is 31.3 Å². The lowest BCUT2D eigenvalue weighted by molar-refractivity contribution is -0.137. The van der Waals surface area contributed by atoms with Gasteiger partial charge < -0.3 is 10.6 Å². The Balaban J connectivity index is 2.10. The molecule has 0 aliphatic carbocycles.